The third kappa shape index (κ3) is 4.55. The molecule has 27 heavy (non-hydrogen) atoms. The van der Waals surface area contributed by atoms with E-state index in [9.17, 15) is 4.39 Å². The molecule has 0 aliphatic carbocycles. The minimum atomic E-state index is -0.834. The molecule has 0 saturated carbocycles. The summed E-state index contributed by atoms with van der Waals surface area (Å²) in [6.45, 7) is 6.17. The zero-order valence-corrected chi connectivity index (χ0v) is 16.9. The predicted octanol–water partition coefficient (Wildman–Crippen LogP) is 2.37. The van der Waals surface area contributed by atoms with Crippen LogP contribution in [0.4, 0.5) is 16.2 Å². The first kappa shape index (κ1) is 19.5. The molecule has 1 fully saturated rings. The average molecular weight is 375 g/mol. The minimum absolute atomic E-state index is 0.0809. The zero-order chi connectivity index (χ0) is 19.6. The molecule has 0 bridgehead atoms. The van der Waals surface area contributed by atoms with Gasteiger partial charge in [0.1, 0.15) is 17.8 Å². The number of alkyl halides is 1. The largest absolute Gasteiger partial charge is 0.349 e. The lowest BCUT2D eigenvalue weighted by molar-refractivity contribution is 0.278. The van der Waals surface area contributed by atoms with Gasteiger partial charge in [-0.25, -0.2) is 14.4 Å². The van der Waals surface area contributed by atoms with Gasteiger partial charge in [0.25, 0.3) is 0 Å². The standard InChI is InChI=1S/C19H30FN7/c1-14(2)26-9-8-21-18(26)13-25(5)12-16-10-15(20)11-27(16)17-6-7-22-19(23-17)24(3)4/h6-9,14-16H,10-13H2,1-5H3/t15-,16-/m0/s1. The van der Waals surface area contributed by atoms with Crippen molar-refractivity contribution in [3.8, 4) is 0 Å². The number of rotatable bonds is 7. The average Bonchev–Trinajstić information content (AvgIpc) is 3.21. The Kier molecular flexibility index (Phi) is 5.94. The van der Waals surface area contributed by atoms with Crippen molar-refractivity contribution >= 4 is 11.8 Å². The highest BCUT2D eigenvalue weighted by atomic mass is 19.1. The van der Waals surface area contributed by atoms with E-state index in [0.717, 1.165) is 24.7 Å². The first-order valence-electron chi connectivity index (χ1n) is 9.46. The molecule has 0 spiro atoms. The number of hydrogen-bond acceptors (Lipinski definition) is 6. The second-order valence-electron chi connectivity index (χ2n) is 7.79. The number of likely N-dealkylation sites (N-methyl/N-ethyl adjacent to an activating group) is 1. The van der Waals surface area contributed by atoms with E-state index in [1.165, 1.54) is 0 Å². The van der Waals surface area contributed by atoms with E-state index in [1.807, 2.05) is 37.5 Å². The Morgan fingerprint density at radius 2 is 2.00 bits per heavy atom. The Morgan fingerprint density at radius 1 is 1.22 bits per heavy atom. The topological polar surface area (TPSA) is 53.3 Å². The Bertz CT molecular complexity index is 745. The fourth-order valence-corrected chi connectivity index (χ4v) is 3.63. The molecule has 0 N–H and O–H groups in total. The highest BCUT2D eigenvalue weighted by molar-refractivity contribution is 5.45. The summed E-state index contributed by atoms with van der Waals surface area (Å²) in [4.78, 5) is 19.5. The van der Waals surface area contributed by atoms with E-state index < -0.39 is 6.17 Å². The van der Waals surface area contributed by atoms with Crippen LogP contribution < -0.4 is 9.80 Å². The fraction of sp³-hybridized carbons (Fsp3) is 0.632. The van der Waals surface area contributed by atoms with E-state index in [0.29, 0.717) is 25.0 Å². The molecule has 148 valence electrons. The van der Waals surface area contributed by atoms with Gasteiger partial charge in [0.05, 0.1) is 13.1 Å². The lowest BCUT2D eigenvalue weighted by Crippen LogP contribution is -2.39. The number of halogens is 1. The van der Waals surface area contributed by atoms with E-state index in [-0.39, 0.29) is 6.04 Å². The molecule has 3 heterocycles. The summed E-state index contributed by atoms with van der Waals surface area (Å²) in [5.41, 5.74) is 0. The molecule has 3 rings (SSSR count). The summed E-state index contributed by atoms with van der Waals surface area (Å²) < 4.78 is 16.4. The summed E-state index contributed by atoms with van der Waals surface area (Å²) >= 11 is 0. The molecule has 1 saturated heterocycles. The Hall–Kier alpha value is -2.22. The van der Waals surface area contributed by atoms with Crippen LogP contribution >= 0.6 is 0 Å². The highest BCUT2D eigenvalue weighted by Crippen LogP contribution is 2.27. The van der Waals surface area contributed by atoms with Crippen molar-refractivity contribution in [2.24, 2.45) is 0 Å². The maximum absolute atomic E-state index is 14.2. The minimum Gasteiger partial charge on any atom is -0.349 e. The second kappa shape index (κ2) is 8.21. The van der Waals surface area contributed by atoms with Crippen LogP contribution in [-0.2, 0) is 6.54 Å². The predicted molar refractivity (Wildman–Crippen MR) is 106 cm³/mol. The van der Waals surface area contributed by atoms with Crippen LogP contribution in [0.3, 0.4) is 0 Å². The molecule has 0 amide bonds. The summed E-state index contributed by atoms with van der Waals surface area (Å²) in [5.74, 6) is 2.46. The molecule has 2 aromatic rings. The van der Waals surface area contributed by atoms with Gasteiger partial charge in [0, 0.05) is 57.7 Å². The van der Waals surface area contributed by atoms with Crippen molar-refractivity contribution < 1.29 is 4.39 Å². The van der Waals surface area contributed by atoms with Crippen molar-refractivity contribution in [1.29, 1.82) is 0 Å². The van der Waals surface area contributed by atoms with Crippen molar-refractivity contribution in [3.05, 3.63) is 30.5 Å². The van der Waals surface area contributed by atoms with Gasteiger partial charge in [-0.1, -0.05) is 0 Å². The molecule has 7 nitrogen and oxygen atoms in total. The number of aromatic nitrogens is 4. The van der Waals surface area contributed by atoms with E-state index in [1.54, 1.807) is 6.20 Å². The van der Waals surface area contributed by atoms with Crippen molar-refractivity contribution in [2.45, 2.75) is 45.1 Å². The SMILES string of the molecule is CC(C)n1ccnc1CN(C)C[C@@H]1C[C@H](F)CN1c1ccnc(N(C)C)n1. The molecule has 2 aromatic heterocycles. The van der Waals surface area contributed by atoms with E-state index in [4.69, 9.17) is 0 Å². The Balaban J connectivity index is 1.71. The molecule has 2 atom stereocenters. The van der Waals surface area contributed by atoms with Gasteiger partial charge in [-0.15, -0.1) is 0 Å². The van der Waals surface area contributed by atoms with Gasteiger partial charge in [-0.3, -0.25) is 4.90 Å². The number of nitrogens with zero attached hydrogens (tertiary/aromatic N) is 7. The summed E-state index contributed by atoms with van der Waals surface area (Å²) in [7, 11) is 5.88. The van der Waals surface area contributed by atoms with Gasteiger partial charge in [-0.05, 0) is 27.0 Å². The van der Waals surface area contributed by atoms with Crippen molar-refractivity contribution in [1.82, 2.24) is 24.4 Å². The van der Waals surface area contributed by atoms with Crippen LogP contribution in [0, 0.1) is 0 Å². The molecule has 0 unspecified atom stereocenters. The van der Waals surface area contributed by atoms with Gasteiger partial charge >= 0.3 is 0 Å². The number of hydrogen-bond donors (Lipinski definition) is 0. The maximum Gasteiger partial charge on any atom is 0.226 e. The van der Waals surface area contributed by atoms with Crippen molar-refractivity contribution in [2.75, 3.05) is 44.0 Å². The second-order valence-corrected chi connectivity index (χ2v) is 7.79. The molecule has 1 aliphatic heterocycles. The van der Waals surface area contributed by atoms with Crippen LogP contribution in [-0.4, -0.2) is 70.9 Å². The maximum atomic E-state index is 14.2. The third-order valence-electron chi connectivity index (χ3n) is 4.92. The Morgan fingerprint density at radius 3 is 2.70 bits per heavy atom. The lowest BCUT2D eigenvalue weighted by Gasteiger charge is -2.29. The van der Waals surface area contributed by atoms with Gasteiger partial charge in [0.15, 0.2) is 0 Å². The molecular weight excluding hydrogens is 345 g/mol. The number of anilines is 2. The van der Waals surface area contributed by atoms with Crippen LogP contribution in [0.2, 0.25) is 0 Å². The zero-order valence-electron chi connectivity index (χ0n) is 16.9. The first-order valence-corrected chi connectivity index (χ1v) is 9.46. The summed E-state index contributed by atoms with van der Waals surface area (Å²) in [6.07, 6.45) is 5.27. The lowest BCUT2D eigenvalue weighted by atomic mass is 10.2. The molecule has 1 aliphatic rings. The van der Waals surface area contributed by atoms with Crippen LogP contribution in [0.1, 0.15) is 32.1 Å². The summed E-state index contributed by atoms with van der Waals surface area (Å²) in [6, 6.07) is 2.32. The van der Waals surface area contributed by atoms with Crippen LogP contribution in [0.5, 0.6) is 0 Å². The molecule has 0 aromatic carbocycles. The fourth-order valence-electron chi connectivity index (χ4n) is 3.63. The van der Waals surface area contributed by atoms with Gasteiger partial charge in [-0.2, -0.15) is 4.98 Å². The normalized spacial score (nSPS) is 20.1. The monoisotopic (exact) mass is 375 g/mol. The molecule has 8 heteroatoms. The van der Waals surface area contributed by atoms with Crippen molar-refractivity contribution in [3.63, 3.8) is 0 Å². The third-order valence-corrected chi connectivity index (χ3v) is 4.92. The van der Waals surface area contributed by atoms with Crippen LogP contribution in [0.25, 0.3) is 0 Å². The number of imidazole rings is 1. The van der Waals surface area contributed by atoms with Gasteiger partial charge < -0.3 is 14.4 Å². The summed E-state index contributed by atoms with van der Waals surface area (Å²) in [5, 5.41) is 0. The van der Waals surface area contributed by atoms with E-state index in [2.05, 4.69) is 50.2 Å². The smallest absolute Gasteiger partial charge is 0.226 e. The highest BCUT2D eigenvalue weighted by Gasteiger charge is 2.34. The first-order chi connectivity index (χ1) is 12.8. The van der Waals surface area contributed by atoms with Gasteiger partial charge in [0.2, 0.25) is 5.95 Å². The van der Waals surface area contributed by atoms with Crippen LogP contribution in [0.15, 0.2) is 24.7 Å². The quantitative estimate of drug-likeness (QED) is 0.741. The van der Waals surface area contributed by atoms with E-state index >= 15 is 0 Å². The Labute approximate surface area is 160 Å². The molecular formula is C19H30FN7. The molecule has 0 radical (unpaired) electrons.